The molecule has 146 valence electrons. The molecule has 0 aliphatic rings. The zero-order valence-electron chi connectivity index (χ0n) is 15.1. The summed E-state index contributed by atoms with van der Waals surface area (Å²) in [5.74, 6) is -0.952. The molecule has 1 N–H and O–H groups in total. The molecule has 1 amide bonds. The van der Waals surface area contributed by atoms with Crippen molar-refractivity contribution in [2.45, 2.75) is 19.5 Å². The van der Waals surface area contributed by atoms with Crippen molar-refractivity contribution in [2.24, 2.45) is 0 Å². The first-order valence-corrected chi connectivity index (χ1v) is 9.86. The van der Waals surface area contributed by atoms with Crippen molar-refractivity contribution in [3.05, 3.63) is 64.3 Å². The molecule has 1 atom stereocenters. The maximum Gasteiger partial charge on any atom is 0.271 e. The Morgan fingerprint density at radius 1 is 1.45 bits per heavy atom. The molecule has 0 spiro atoms. The van der Waals surface area contributed by atoms with E-state index in [1.165, 1.54) is 23.5 Å². The highest BCUT2D eigenvalue weighted by atomic mass is 35.5. The van der Waals surface area contributed by atoms with E-state index in [0.29, 0.717) is 23.5 Å². The molecule has 1 aromatic carbocycles. The minimum Gasteiger partial charge on any atom is -0.346 e. The second kappa shape index (κ2) is 7.66. The van der Waals surface area contributed by atoms with Crippen LogP contribution in [-0.4, -0.2) is 31.1 Å². The number of nitrogens with zero attached hydrogens (tertiary/aromatic N) is 5. The minimum absolute atomic E-state index is 0.0395. The van der Waals surface area contributed by atoms with E-state index in [-0.39, 0.29) is 22.5 Å². The van der Waals surface area contributed by atoms with Crippen LogP contribution in [0.4, 0.5) is 4.39 Å². The third-order valence-electron chi connectivity index (χ3n) is 4.25. The van der Waals surface area contributed by atoms with E-state index in [1.807, 2.05) is 18.5 Å². The predicted octanol–water partition coefficient (Wildman–Crippen LogP) is 3.74. The molecule has 10 heteroatoms. The summed E-state index contributed by atoms with van der Waals surface area (Å²) in [6.07, 6.45) is 5.26. The van der Waals surface area contributed by atoms with Crippen LogP contribution in [0.25, 0.3) is 16.2 Å². The van der Waals surface area contributed by atoms with E-state index >= 15 is 0 Å². The molecule has 0 bridgehead atoms. The lowest BCUT2D eigenvalue weighted by Crippen LogP contribution is -2.36. The average Bonchev–Trinajstić information content (AvgIpc) is 3.37. The predicted molar refractivity (Wildman–Crippen MR) is 107 cm³/mol. The summed E-state index contributed by atoms with van der Waals surface area (Å²) in [7, 11) is 0. The highest BCUT2D eigenvalue weighted by molar-refractivity contribution is 7.15. The number of nitrogens with one attached hydrogen (secondary N) is 1. The summed E-state index contributed by atoms with van der Waals surface area (Å²) in [4.78, 5) is 17.4. The molecule has 1 unspecified atom stereocenters. The number of amides is 1. The van der Waals surface area contributed by atoms with Crippen molar-refractivity contribution in [1.29, 1.82) is 5.26 Å². The Balaban J connectivity index is 1.44. The van der Waals surface area contributed by atoms with E-state index in [4.69, 9.17) is 16.9 Å². The number of carbonyl (C=O) groups excluding carboxylic acids is 1. The van der Waals surface area contributed by atoms with Crippen LogP contribution >= 0.6 is 22.9 Å². The van der Waals surface area contributed by atoms with Crippen LogP contribution in [0.1, 0.15) is 23.0 Å². The summed E-state index contributed by atoms with van der Waals surface area (Å²) < 4.78 is 17.4. The first kappa shape index (κ1) is 19.1. The topological polar surface area (TPSA) is 88.0 Å². The van der Waals surface area contributed by atoms with Gasteiger partial charge in [-0.05, 0) is 25.1 Å². The van der Waals surface area contributed by atoms with Crippen molar-refractivity contribution in [1.82, 2.24) is 24.5 Å². The van der Waals surface area contributed by atoms with Crippen molar-refractivity contribution in [3.8, 4) is 17.3 Å². The zero-order chi connectivity index (χ0) is 20.5. The van der Waals surface area contributed by atoms with Gasteiger partial charge in [0.05, 0.1) is 17.3 Å². The maximum absolute atomic E-state index is 14.0. The molecule has 3 aromatic heterocycles. The van der Waals surface area contributed by atoms with Gasteiger partial charge in [-0.3, -0.25) is 13.9 Å². The number of halogens is 2. The van der Waals surface area contributed by atoms with Crippen molar-refractivity contribution in [3.63, 3.8) is 0 Å². The number of nitriles is 1. The van der Waals surface area contributed by atoms with Crippen molar-refractivity contribution >= 4 is 33.8 Å². The standard InChI is InChI=1S/C19H14ClFN6OS/c1-11(23-18(28)17-10-26-4-5-29-19(26)24-17)9-27-3-2-16(25-27)12-6-14(20)13(8-22)15(21)7-12/h2-7,10-11H,9H2,1H3,(H,23,28). The van der Waals surface area contributed by atoms with Gasteiger partial charge < -0.3 is 5.32 Å². The Labute approximate surface area is 174 Å². The first-order chi connectivity index (χ1) is 13.9. The molecule has 0 radical (unpaired) electrons. The summed E-state index contributed by atoms with van der Waals surface area (Å²) in [6.45, 7) is 2.27. The number of imidazole rings is 1. The third-order valence-corrected chi connectivity index (χ3v) is 5.32. The normalized spacial score (nSPS) is 12.1. The smallest absolute Gasteiger partial charge is 0.271 e. The van der Waals surface area contributed by atoms with Crippen LogP contribution in [0.5, 0.6) is 0 Å². The van der Waals surface area contributed by atoms with E-state index in [9.17, 15) is 9.18 Å². The van der Waals surface area contributed by atoms with Crippen molar-refractivity contribution in [2.75, 3.05) is 0 Å². The van der Waals surface area contributed by atoms with Gasteiger partial charge in [-0.25, -0.2) is 9.37 Å². The molecule has 4 rings (SSSR count). The monoisotopic (exact) mass is 428 g/mol. The molecule has 0 saturated heterocycles. The number of hydrogen-bond donors (Lipinski definition) is 1. The van der Waals surface area contributed by atoms with Gasteiger partial charge in [0.2, 0.25) is 0 Å². The largest absolute Gasteiger partial charge is 0.346 e. The summed E-state index contributed by atoms with van der Waals surface area (Å²) in [5, 5.41) is 18.1. The van der Waals surface area contributed by atoms with Crippen LogP contribution in [0.2, 0.25) is 5.02 Å². The molecule has 4 aromatic rings. The number of thiazole rings is 1. The fraction of sp³-hybridized carbons (Fsp3) is 0.158. The average molecular weight is 429 g/mol. The van der Waals surface area contributed by atoms with E-state index in [2.05, 4.69) is 15.4 Å². The first-order valence-electron chi connectivity index (χ1n) is 8.60. The quantitative estimate of drug-likeness (QED) is 0.524. The second-order valence-electron chi connectivity index (χ2n) is 6.44. The van der Waals surface area contributed by atoms with E-state index < -0.39 is 5.82 Å². The summed E-state index contributed by atoms with van der Waals surface area (Å²) >= 11 is 7.42. The molecule has 0 fully saturated rings. The van der Waals surface area contributed by atoms with Gasteiger partial charge in [0.15, 0.2) is 4.96 Å². The van der Waals surface area contributed by atoms with E-state index in [1.54, 1.807) is 33.6 Å². The Bertz CT molecular complexity index is 1200. The van der Waals surface area contributed by atoms with Gasteiger partial charge in [0.1, 0.15) is 23.1 Å². The SMILES string of the molecule is CC(Cn1ccc(-c2cc(F)c(C#N)c(Cl)c2)n1)NC(=O)c1cn2ccsc2n1. The number of fused-ring (bicyclic) bond motifs is 1. The third kappa shape index (κ3) is 3.85. The van der Waals surface area contributed by atoms with Gasteiger partial charge in [0, 0.05) is 35.6 Å². The molecule has 3 heterocycles. The Morgan fingerprint density at radius 3 is 3.00 bits per heavy atom. The van der Waals surface area contributed by atoms with Gasteiger partial charge in [-0.2, -0.15) is 10.4 Å². The van der Waals surface area contributed by atoms with Crippen LogP contribution in [0.15, 0.2) is 42.2 Å². The molecule has 7 nitrogen and oxygen atoms in total. The number of aromatic nitrogens is 4. The van der Waals surface area contributed by atoms with Gasteiger partial charge >= 0.3 is 0 Å². The number of rotatable bonds is 5. The van der Waals surface area contributed by atoms with E-state index in [0.717, 1.165) is 4.96 Å². The molecule has 0 aliphatic heterocycles. The lowest BCUT2D eigenvalue weighted by molar-refractivity contribution is 0.0931. The number of benzene rings is 1. The molecular weight excluding hydrogens is 415 g/mol. The van der Waals surface area contributed by atoms with Crippen LogP contribution < -0.4 is 5.32 Å². The Hall–Kier alpha value is -3.22. The second-order valence-corrected chi connectivity index (χ2v) is 7.72. The highest BCUT2D eigenvalue weighted by Crippen LogP contribution is 2.26. The number of hydrogen-bond acceptors (Lipinski definition) is 5. The van der Waals surface area contributed by atoms with Crippen molar-refractivity contribution < 1.29 is 9.18 Å². The van der Waals surface area contributed by atoms with Gasteiger partial charge in [-0.1, -0.05) is 11.6 Å². The molecular formula is C19H14ClFN6OS. The molecule has 0 saturated carbocycles. The Kier molecular flexibility index (Phi) is 5.05. The number of carbonyl (C=O) groups is 1. The van der Waals surface area contributed by atoms with Crippen LogP contribution in [-0.2, 0) is 6.54 Å². The summed E-state index contributed by atoms with van der Waals surface area (Å²) in [6, 6.07) is 5.97. The fourth-order valence-electron chi connectivity index (χ4n) is 2.91. The van der Waals surface area contributed by atoms with Gasteiger partial charge in [0.25, 0.3) is 5.91 Å². The lowest BCUT2D eigenvalue weighted by atomic mass is 10.1. The minimum atomic E-state index is -0.690. The maximum atomic E-state index is 14.0. The zero-order valence-corrected chi connectivity index (χ0v) is 16.7. The van der Waals surface area contributed by atoms with Gasteiger partial charge in [-0.15, -0.1) is 11.3 Å². The fourth-order valence-corrected chi connectivity index (χ4v) is 3.86. The summed E-state index contributed by atoms with van der Waals surface area (Å²) in [5.41, 5.74) is 1.15. The lowest BCUT2D eigenvalue weighted by Gasteiger charge is -2.13. The molecule has 29 heavy (non-hydrogen) atoms. The molecule has 0 aliphatic carbocycles. The van der Waals surface area contributed by atoms with Crippen LogP contribution in [0.3, 0.4) is 0 Å². The Morgan fingerprint density at radius 2 is 2.28 bits per heavy atom. The highest BCUT2D eigenvalue weighted by Gasteiger charge is 2.16. The van der Waals surface area contributed by atoms with Crippen LogP contribution in [0, 0.1) is 17.1 Å².